The van der Waals surface area contributed by atoms with Crippen LogP contribution in [0.5, 0.6) is 11.5 Å². The molecular weight excluding hydrogens is 296 g/mol. The molecule has 0 radical (unpaired) electrons. The summed E-state index contributed by atoms with van der Waals surface area (Å²) >= 11 is 5.87. The topological polar surface area (TPSA) is 84.6 Å². The summed E-state index contributed by atoms with van der Waals surface area (Å²) in [6, 6.07) is 5.37. The average molecular weight is 309 g/mol. The molecule has 1 N–H and O–H groups in total. The van der Waals surface area contributed by atoms with Crippen LogP contribution in [-0.2, 0) is 4.79 Å². The number of ether oxygens (including phenoxy) is 2. The fourth-order valence-corrected chi connectivity index (χ4v) is 1.82. The second kappa shape index (κ2) is 6.85. The molecule has 110 valence electrons. The van der Waals surface area contributed by atoms with Crippen molar-refractivity contribution in [1.29, 1.82) is 0 Å². The number of amides is 1. The molecule has 1 amide bonds. The van der Waals surface area contributed by atoms with Crippen molar-refractivity contribution in [1.82, 2.24) is 5.43 Å². The number of halogens is 1. The summed E-state index contributed by atoms with van der Waals surface area (Å²) in [6.45, 7) is 0. The molecule has 8 heteroatoms. The Hall–Kier alpha value is -2.41. The molecule has 0 saturated carbocycles. The van der Waals surface area contributed by atoms with E-state index in [-0.39, 0.29) is 5.71 Å². The van der Waals surface area contributed by atoms with Crippen LogP contribution in [0.3, 0.4) is 0 Å². The quantitative estimate of drug-likeness (QED) is 0.515. The van der Waals surface area contributed by atoms with Gasteiger partial charge in [0.05, 0.1) is 26.6 Å². The van der Waals surface area contributed by atoms with Gasteiger partial charge < -0.3 is 9.47 Å². The molecule has 21 heavy (non-hydrogen) atoms. The molecule has 7 nitrogen and oxygen atoms in total. The molecule has 0 bridgehead atoms. The van der Waals surface area contributed by atoms with Gasteiger partial charge in [-0.25, -0.2) is 5.43 Å². The molecule has 0 fully saturated rings. The fraction of sp³-hybridized carbons (Fsp3) is 0.231. The van der Waals surface area contributed by atoms with E-state index in [0.717, 1.165) is 0 Å². The van der Waals surface area contributed by atoms with Crippen molar-refractivity contribution in [2.45, 2.75) is 5.38 Å². The van der Waals surface area contributed by atoms with Gasteiger partial charge in [0.1, 0.15) is 5.71 Å². The van der Waals surface area contributed by atoms with Gasteiger partial charge in [-0.05, 0) is 12.1 Å². The van der Waals surface area contributed by atoms with Crippen molar-refractivity contribution >= 4 is 35.6 Å². The normalized spacial score (nSPS) is 19.9. The number of methoxy groups -OCH3 is 2. The number of carbonyl (C=O) groups excluding carboxylic acids is 1. The highest BCUT2D eigenvalue weighted by Gasteiger charge is 2.23. The minimum absolute atomic E-state index is 0.263. The van der Waals surface area contributed by atoms with Gasteiger partial charge in [-0.2, -0.15) is 15.3 Å². The van der Waals surface area contributed by atoms with Crippen molar-refractivity contribution in [3.8, 4) is 11.5 Å². The Morgan fingerprint density at radius 3 is 2.90 bits per heavy atom. The van der Waals surface area contributed by atoms with E-state index in [1.54, 1.807) is 25.3 Å². The van der Waals surface area contributed by atoms with E-state index in [1.807, 2.05) is 0 Å². The zero-order valence-electron chi connectivity index (χ0n) is 11.4. The van der Waals surface area contributed by atoms with Gasteiger partial charge in [0.2, 0.25) is 0 Å². The number of nitrogens with one attached hydrogen (secondary N) is 1. The van der Waals surface area contributed by atoms with Crippen molar-refractivity contribution in [2.24, 2.45) is 15.3 Å². The van der Waals surface area contributed by atoms with E-state index < -0.39 is 11.3 Å². The number of para-hydroxylation sites is 1. The number of hydrogen-bond donors (Lipinski definition) is 1. The van der Waals surface area contributed by atoms with Gasteiger partial charge in [-0.3, -0.25) is 4.79 Å². The van der Waals surface area contributed by atoms with E-state index in [4.69, 9.17) is 21.1 Å². The van der Waals surface area contributed by atoms with Gasteiger partial charge in [0, 0.05) is 5.56 Å². The highest BCUT2D eigenvalue weighted by molar-refractivity contribution is 6.54. The van der Waals surface area contributed by atoms with E-state index in [9.17, 15) is 4.79 Å². The zero-order chi connectivity index (χ0) is 15.2. The second-order valence-electron chi connectivity index (χ2n) is 3.95. The maximum atomic E-state index is 11.3. The van der Waals surface area contributed by atoms with Crippen LogP contribution in [0.25, 0.3) is 0 Å². The van der Waals surface area contributed by atoms with Crippen molar-refractivity contribution in [3.63, 3.8) is 0 Å². The van der Waals surface area contributed by atoms with Crippen molar-refractivity contribution in [3.05, 3.63) is 23.8 Å². The molecule has 1 aliphatic heterocycles. The minimum atomic E-state index is -0.910. The Labute approximate surface area is 126 Å². The summed E-state index contributed by atoms with van der Waals surface area (Å²) in [4.78, 5) is 11.3. The number of hydrogen-bond acceptors (Lipinski definition) is 6. The Morgan fingerprint density at radius 2 is 2.19 bits per heavy atom. The fourth-order valence-electron chi connectivity index (χ4n) is 1.67. The second-order valence-corrected chi connectivity index (χ2v) is 4.39. The minimum Gasteiger partial charge on any atom is -0.493 e. The number of nitrogens with zero attached hydrogens (tertiary/aromatic N) is 3. The first-order valence-corrected chi connectivity index (χ1v) is 6.40. The van der Waals surface area contributed by atoms with Gasteiger partial charge in [-0.15, -0.1) is 11.6 Å². The predicted octanol–water partition coefficient (Wildman–Crippen LogP) is 1.20. The van der Waals surface area contributed by atoms with Gasteiger partial charge in [0.25, 0.3) is 5.91 Å². The summed E-state index contributed by atoms with van der Waals surface area (Å²) in [5.41, 5.74) is 3.18. The lowest BCUT2D eigenvalue weighted by molar-refractivity contribution is -0.119. The molecule has 1 unspecified atom stereocenters. The largest absolute Gasteiger partial charge is 0.493 e. The number of rotatable bonds is 4. The first-order valence-electron chi connectivity index (χ1n) is 5.96. The zero-order valence-corrected chi connectivity index (χ0v) is 12.2. The average Bonchev–Trinajstić information content (AvgIpc) is 2.51. The van der Waals surface area contributed by atoms with E-state index >= 15 is 0 Å². The maximum Gasteiger partial charge on any atom is 0.264 e. The van der Waals surface area contributed by atoms with Crippen LogP contribution >= 0.6 is 11.6 Å². The molecular formula is C13H13ClN4O3. The standard InChI is InChI=1S/C13H13ClN4O3/c1-20-10-5-3-4-8(12(10)21-2)6-15-17-9-7-16-18-13(19)11(9)14/h3-7,11H,1-2H3,(H,18,19)/b15-6-,17-9-. The molecule has 2 rings (SSSR count). The summed E-state index contributed by atoms with van der Waals surface area (Å²) in [7, 11) is 3.09. The number of hydrazone groups is 1. The number of benzene rings is 1. The summed E-state index contributed by atoms with van der Waals surface area (Å²) in [5.74, 6) is 0.691. The third kappa shape index (κ3) is 3.38. The lowest BCUT2D eigenvalue weighted by Crippen LogP contribution is -2.38. The van der Waals surface area contributed by atoms with Crippen molar-refractivity contribution < 1.29 is 14.3 Å². The van der Waals surface area contributed by atoms with E-state index in [1.165, 1.54) is 19.5 Å². The Bertz CT molecular complexity index is 628. The SMILES string of the molecule is COc1cccc(/C=N\N=C2\C=NNC(=O)C2Cl)c1OC. The Balaban J connectivity index is 2.24. The van der Waals surface area contributed by atoms with Crippen molar-refractivity contribution in [2.75, 3.05) is 14.2 Å². The third-order valence-corrected chi connectivity index (χ3v) is 3.09. The molecule has 0 aromatic heterocycles. The third-order valence-electron chi connectivity index (χ3n) is 2.66. The lowest BCUT2D eigenvalue weighted by atomic mass is 10.2. The summed E-state index contributed by atoms with van der Waals surface area (Å²) in [6.07, 6.45) is 2.83. The van der Waals surface area contributed by atoms with Crippen LogP contribution in [-0.4, -0.2) is 43.6 Å². The summed E-state index contributed by atoms with van der Waals surface area (Å²) in [5, 5.41) is 10.5. The predicted molar refractivity (Wildman–Crippen MR) is 80.9 cm³/mol. The van der Waals surface area contributed by atoms with E-state index in [2.05, 4.69) is 20.7 Å². The van der Waals surface area contributed by atoms with Gasteiger partial charge >= 0.3 is 0 Å². The smallest absolute Gasteiger partial charge is 0.264 e. The molecule has 1 aromatic carbocycles. The maximum absolute atomic E-state index is 11.3. The number of alkyl halides is 1. The van der Waals surface area contributed by atoms with Crippen LogP contribution in [0.4, 0.5) is 0 Å². The highest BCUT2D eigenvalue weighted by atomic mass is 35.5. The summed E-state index contributed by atoms with van der Waals surface area (Å²) < 4.78 is 10.5. The molecule has 0 spiro atoms. The monoisotopic (exact) mass is 308 g/mol. The molecule has 0 saturated heterocycles. The lowest BCUT2D eigenvalue weighted by Gasteiger charge is -2.11. The first kappa shape index (κ1) is 15.0. The molecule has 1 aliphatic rings. The molecule has 1 aromatic rings. The molecule has 0 aliphatic carbocycles. The first-order chi connectivity index (χ1) is 10.2. The number of carbonyl (C=O) groups is 1. The van der Waals surface area contributed by atoms with Crippen LogP contribution in [0.15, 0.2) is 33.5 Å². The van der Waals surface area contributed by atoms with Crippen LogP contribution in [0.2, 0.25) is 0 Å². The van der Waals surface area contributed by atoms with Crippen LogP contribution in [0, 0.1) is 0 Å². The highest BCUT2D eigenvalue weighted by Crippen LogP contribution is 2.29. The van der Waals surface area contributed by atoms with Crippen LogP contribution in [0.1, 0.15) is 5.56 Å². The molecule has 1 heterocycles. The van der Waals surface area contributed by atoms with E-state index in [0.29, 0.717) is 17.1 Å². The molecule has 1 atom stereocenters. The van der Waals surface area contributed by atoms with Gasteiger partial charge in [-0.1, -0.05) is 6.07 Å². The Morgan fingerprint density at radius 1 is 1.38 bits per heavy atom. The van der Waals surface area contributed by atoms with Gasteiger partial charge in [0.15, 0.2) is 16.9 Å². The van der Waals surface area contributed by atoms with Crippen LogP contribution < -0.4 is 14.9 Å². The Kier molecular flexibility index (Phi) is 4.89.